The van der Waals surface area contributed by atoms with Crippen molar-refractivity contribution in [2.45, 2.75) is 44.8 Å². The number of hydrogen-bond acceptors (Lipinski definition) is 3. The van der Waals surface area contributed by atoms with Crippen molar-refractivity contribution in [2.75, 3.05) is 27.2 Å². The first-order chi connectivity index (χ1) is 9.51. The molecule has 1 atom stereocenters. The van der Waals surface area contributed by atoms with Crippen LogP contribution in [0.3, 0.4) is 0 Å². The van der Waals surface area contributed by atoms with Gasteiger partial charge in [-0.15, -0.1) is 0 Å². The molecule has 3 rings (SSSR count). The number of rotatable bonds is 1. The molecule has 3 nitrogen and oxygen atoms in total. The van der Waals surface area contributed by atoms with Crippen LogP contribution in [-0.4, -0.2) is 37.7 Å². The highest BCUT2D eigenvalue weighted by Crippen LogP contribution is 2.46. The molecule has 0 aliphatic carbocycles. The van der Waals surface area contributed by atoms with E-state index in [1.807, 2.05) is 0 Å². The van der Waals surface area contributed by atoms with Crippen molar-refractivity contribution in [3.63, 3.8) is 0 Å². The van der Waals surface area contributed by atoms with Crippen molar-refractivity contribution in [3.05, 3.63) is 28.8 Å². The van der Waals surface area contributed by atoms with Gasteiger partial charge in [-0.2, -0.15) is 0 Å². The minimum Gasteiger partial charge on any atom is -0.487 e. The number of nitrogens with one attached hydrogen (secondary N) is 1. The van der Waals surface area contributed by atoms with Crippen molar-refractivity contribution < 1.29 is 4.74 Å². The summed E-state index contributed by atoms with van der Waals surface area (Å²) in [6, 6.07) is 4.97. The Bertz CT molecular complexity index is 504. The number of benzene rings is 1. The van der Waals surface area contributed by atoms with Gasteiger partial charge in [0.15, 0.2) is 0 Å². The Morgan fingerprint density at radius 3 is 2.55 bits per heavy atom. The van der Waals surface area contributed by atoms with Crippen molar-refractivity contribution >= 4 is 0 Å². The molecule has 110 valence electrons. The van der Waals surface area contributed by atoms with Crippen LogP contribution in [0.5, 0.6) is 5.75 Å². The molecule has 0 amide bonds. The largest absolute Gasteiger partial charge is 0.487 e. The van der Waals surface area contributed by atoms with E-state index in [-0.39, 0.29) is 5.60 Å². The molecule has 1 unspecified atom stereocenters. The molecular weight excluding hydrogens is 248 g/mol. The van der Waals surface area contributed by atoms with Crippen LogP contribution in [0.25, 0.3) is 0 Å². The summed E-state index contributed by atoms with van der Waals surface area (Å²) in [5.74, 6) is 1.12. The van der Waals surface area contributed by atoms with E-state index in [1.165, 1.54) is 16.7 Å². The van der Waals surface area contributed by atoms with Gasteiger partial charge in [0.05, 0.1) is 0 Å². The SMILES string of the molecule is Cc1cc(C)c2c(c1)OC1(CCNCC1)CC2N(C)C. The van der Waals surface area contributed by atoms with Gasteiger partial charge in [-0.05, 0) is 71.1 Å². The fourth-order valence-corrected chi connectivity index (χ4v) is 3.81. The quantitative estimate of drug-likeness (QED) is 0.852. The molecule has 1 N–H and O–H groups in total. The van der Waals surface area contributed by atoms with Gasteiger partial charge in [-0.1, -0.05) is 6.07 Å². The van der Waals surface area contributed by atoms with Gasteiger partial charge >= 0.3 is 0 Å². The Hall–Kier alpha value is -1.06. The molecule has 0 radical (unpaired) electrons. The molecule has 1 aromatic rings. The zero-order valence-corrected chi connectivity index (χ0v) is 13.1. The van der Waals surface area contributed by atoms with E-state index in [1.54, 1.807) is 0 Å². The lowest BCUT2D eigenvalue weighted by Crippen LogP contribution is -2.50. The first-order valence-corrected chi connectivity index (χ1v) is 7.68. The molecule has 0 aromatic heterocycles. The van der Waals surface area contributed by atoms with E-state index in [4.69, 9.17) is 4.74 Å². The van der Waals surface area contributed by atoms with Gasteiger partial charge in [0, 0.05) is 18.0 Å². The second-order valence-electron chi connectivity index (χ2n) is 6.71. The number of fused-ring (bicyclic) bond motifs is 1. The molecule has 2 aliphatic rings. The van der Waals surface area contributed by atoms with Crippen molar-refractivity contribution in [1.82, 2.24) is 10.2 Å². The maximum atomic E-state index is 6.54. The van der Waals surface area contributed by atoms with E-state index >= 15 is 0 Å². The summed E-state index contributed by atoms with van der Waals surface area (Å²) in [4.78, 5) is 2.35. The second-order valence-corrected chi connectivity index (χ2v) is 6.71. The molecule has 0 bridgehead atoms. The Morgan fingerprint density at radius 1 is 1.20 bits per heavy atom. The predicted octanol–water partition coefficient (Wildman–Crippen LogP) is 2.81. The Kier molecular flexibility index (Phi) is 3.51. The fourth-order valence-electron chi connectivity index (χ4n) is 3.81. The van der Waals surface area contributed by atoms with E-state index in [2.05, 4.69) is 50.3 Å². The highest BCUT2D eigenvalue weighted by Gasteiger charge is 2.43. The molecule has 2 aliphatic heterocycles. The number of hydrogen-bond donors (Lipinski definition) is 1. The summed E-state index contributed by atoms with van der Waals surface area (Å²) in [6.45, 7) is 6.51. The van der Waals surface area contributed by atoms with Crippen LogP contribution >= 0.6 is 0 Å². The molecule has 1 aromatic carbocycles. The smallest absolute Gasteiger partial charge is 0.125 e. The van der Waals surface area contributed by atoms with Crippen LogP contribution in [0.4, 0.5) is 0 Å². The summed E-state index contributed by atoms with van der Waals surface area (Å²) in [6.07, 6.45) is 3.34. The van der Waals surface area contributed by atoms with Crippen LogP contribution in [0.2, 0.25) is 0 Å². The third-order valence-corrected chi connectivity index (χ3v) is 4.86. The fraction of sp³-hybridized carbons (Fsp3) is 0.647. The summed E-state index contributed by atoms with van der Waals surface area (Å²) >= 11 is 0. The van der Waals surface area contributed by atoms with Crippen LogP contribution in [0, 0.1) is 13.8 Å². The monoisotopic (exact) mass is 274 g/mol. The van der Waals surface area contributed by atoms with Crippen molar-refractivity contribution in [3.8, 4) is 5.75 Å². The summed E-state index contributed by atoms with van der Waals surface area (Å²) in [7, 11) is 4.38. The molecular formula is C17H26N2O. The van der Waals surface area contributed by atoms with E-state index < -0.39 is 0 Å². The van der Waals surface area contributed by atoms with Crippen molar-refractivity contribution in [1.29, 1.82) is 0 Å². The summed E-state index contributed by atoms with van der Waals surface area (Å²) in [5, 5.41) is 3.45. The zero-order valence-electron chi connectivity index (χ0n) is 13.1. The summed E-state index contributed by atoms with van der Waals surface area (Å²) < 4.78 is 6.54. The van der Waals surface area contributed by atoms with Gasteiger partial charge in [-0.3, -0.25) is 0 Å². The third kappa shape index (κ3) is 2.33. The molecule has 0 saturated carbocycles. The molecule has 1 spiro atoms. The lowest BCUT2D eigenvalue weighted by atomic mass is 9.79. The molecule has 2 heterocycles. The average molecular weight is 274 g/mol. The third-order valence-electron chi connectivity index (χ3n) is 4.86. The van der Waals surface area contributed by atoms with Crippen molar-refractivity contribution in [2.24, 2.45) is 0 Å². The zero-order chi connectivity index (χ0) is 14.3. The maximum absolute atomic E-state index is 6.54. The van der Waals surface area contributed by atoms with Crippen LogP contribution < -0.4 is 10.1 Å². The number of piperidine rings is 1. The Morgan fingerprint density at radius 2 is 1.90 bits per heavy atom. The first-order valence-electron chi connectivity index (χ1n) is 7.68. The second kappa shape index (κ2) is 5.05. The molecule has 1 fully saturated rings. The lowest BCUT2D eigenvalue weighted by molar-refractivity contribution is -0.0121. The minimum absolute atomic E-state index is 0.0351. The van der Waals surface area contributed by atoms with Crippen LogP contribution in [0.15, 0.2) is 12.1 Å². The normalized spacial score (nSPS) is 24.6. The predicted molar refractivity (Wildman–Crippen MR) is 82.4 cm³/mol. The van der Waals surface area contributed by atoms with Gasteiger partial charge in [0.25, 0.3) is 0 Å². The molecule has 1 saturated heterocycles. The highest BCUT2D eigenvalue weighted by molar-refractivity contribution is 5.47. The van der Waals surface area contributed by atoms with Crippen LogP contribution in [0.1, 0.15) is 42.0 Å². The molecule has 20 heavy (non-hydrogen) atoms. The average Bonchev–Trinajstić information content (AvgIpc) is 2.37. The lowest BCUT2D eigenvalue weighted by Gasteiger charge is -2.47. The number of aryl methyl sites for hydroxylation is 2. The van der Waals surface area contributed by atoms with Gasteiger partial charge in [-0.25, -0.2) is 0 Å². The standard InChI is InChI=1S/C17H26N2O/c1-12-9-13(2)16-14(19(3)4)11-17(20-15(16)10-12)5-7-18-8-6-17/h9-10,14,18H,5-8,11H2,1-4H3. The number of nitrogens with zero attached hydrogens (tertiary/aromatic N) is 1. The minimum atomic E-state index is 0.0351. The Balaban J connectivity index is 2.05. The topological polar surface area (TPSA) is 24.5 Å². The van der Waals surface area contributed by atoms with E-state index in [0.717, 1.165) is 38.1 Å². The van der Waals surface area contributed by atoms with Gasteiger partial charge in [0.2, 0.25) is 0 Å². The van der Waals surface area contributed by atoms with Crippen LogP contribution in [-0.2, 0) is 0 Å². The van der Waals surface area contributed by atoms with Gasteiger partial charge in [0.1, 0.15) is 11.4 Å². The number of ether oxygens (including phenoxy) is 1. The first kappa shape index (κ1) is 13.9. The van der Waals surface area contributed by atoms with Gasteiger partial charge < -0.3 is 15.0 Å². The van der Waals surface area contributed by atoms with E-state index in [0.29, 0.717) is 6.04 Å². The van der Waals surface area contributed by atoms with E-state index in [9.17, 15) is 0 Å². The highest BCUT2D eigenvalue weighted by atomic mass is 16.5. The molecule has 3 heteroatoms. The Labute approximate surface area is 122 Å². The summed E-state index contributed by atoms with van der Waals surface area (Å²) in [5.41, 5.74) is 4.09. The maximum Gasteiger partial charge on any atom is 0.125 e.